The van der Waals surface area contributed by atoms with Crippen LogP contribution in [0.3, 0.4) is 0 Å². The topological polar surface area (TPSA) is 54.4 Å². The molecule has 20 heavy (non-hydrogen) atoms. The van der Waals surface area contributed by atoms with Gasteiger partial charge in [-0.3, -0.25) is 4.79 Å². The van der Waals surface area contributed by atoms with Gasteiger partial charge in [0, 0.05) is 22.8 Å². The van der Waals surface area contributed by atoms with Gasteiger partial charge in [-0.15, -0.1) is 0 Å². The maximum absolute atomic E-state index is 11.4. The van der Waals surface area contributed by atoms with Crippen molar-refractivity contribution in [3.8, 4) is 0 Å². The van der Waals surface area contributed by atoms with Gasteiger partial charge >= 0.3 is 5.97 Å². The highest BCUT2D eigenvalue weighted by atomic mass is 32.2. The predicted octanol–water partition coefficient (Wildman–Crippen LogP) is 3.97. The second kappa shape index (κ2) is 5.92. The molecular formula is C16H14O3S. The zero-order valence-corrected chi connectivity index (χ0v) is 12.0. The summed E-state index contributed by atoms with van der Waals surface area (Å²) in [4.78, 5) is 23.2. The number of rotatable bonds is 3. The Morgan fingerprint density at radius 2 is 1.75 bits per heavy atom. The fraction of sp³-hybridized carbons (Fsp3) is 0.125. The Morgan fingerprint density at radius 1 is 1.10 bits per heavy atom. The molecule has 2 aromatic carbocycles. The monoisotopic (exact) mass is 286 g/mol. The summed E-state index contributed by atoms with van der Waals surface area (Å²) in [6, 6.07) is 11.4. The lowest BCUT2D eigenvalue weighted by atomic mass is 10.0. The van der Waals surface area contributed by atoms with Crippen molar-refractivity contribution in [1.29, 1.82) is 0 Å². The summed E-state index contributed by atoms with van der Waals surface area (Å²) < 4.78 is 0. The van der Waals surface area contributed by atoms with Gasteiger partial charge in [-0.05, 0) is 30.0 Å². The molecule has 0 atom stereocenters. The van der Waals surface area contributed by atoms with Gasteiger partial charge in [-0.2, -0.15) is 0 Å². The number of fused-ring (bicyclic) bond motifs is 1. The SMILES string of the molecule is CC(=O)Sc1cccc2cccc(/C=C(\C)C(=O)O)c12. The smallest absolute Gasteiger partial charge is 0.331 e. The number of hydrogen-bond acceptors (Lipinski definition) is 3. The van der Waals surface area contributed by atoms with E-state index in [1.807, 2.05) is 36.4 Å². The van der Waals surface area contributed by atoms with Crippen LogP contribution in [0.5, 0.6) is 0 Å². The summed E-state index contributed by atoms with van der Waals surface area (Å²) in [5.74, 6) is -0.946. The van der Waals surface area contributed by atoms with Crippen LogP contribution in [0.4, 0.5) is 0 Å². The van der Waals surface area contributed by atoms with Crippen molar-refractivity contribution in [1.82, 2.24) is 0 Å². The lowest BCUT2D eigenvalue weighted by Gasteiger charge is -2.08. The molecule has 0 spiro atoms. The minimum absolute atomic E-state index is 0.00578. The first-order valence-corrected chi connectivity index (χ1v) is 6.92. The van der Waals surface area contributed by atoms with Crippen LogP contribution in [-0.2, 0) is 9.59 Å². The Hall–Kier alpha value is -2.07. The van der Waals surface area contributed by atoms with Crippen molar-refractivity contribution >= 4 is 39.7 Å². The maximum Gasteiger partial charge on any atom is 0.331 e. The van der Waals surface area contributed by atoms with Gasteiger partial charge in [0.2, 0.25) is 0 Å². The highest BCUT2D eigenvalue weighted by molar-refractivity contribution is 8.13. The number of benzene rings is 2. The third-order valence-electron chi connectivity index (χ3n) is 2.86. The van der Waals surface area contributed by atoms with Gasteiger partial charge in [0.1, 0.15) is 0 Å². The molecule has 0 bridgehead atoms. The van der Waals surface area contributed by atoms with Gasteiger partial charge < -0.3 is 5.11 Å². The molecule has 0 saturated carbocycles. The number of carboxylic acid groups (broad SMARTS) is 1. The lowest BCUT2D eigenvalue weighted by Crippen LogP contribution is -1.96. The van der Waals surface area contributed by atoms with Gasteiger partial charge in [0.15, 0.2) is 5.12 Å². The van der Waals surface area contributed by atoms with Crippen LogP contribution in [0.2, 0.25) is 0 Å². The summed E-state index contributed by atoms with van der Waals surface area (Å²) in [7, 11) is 0. The lowest BCUT2D eigenvalue weighted by molar-refractivity contribution is -0.132. The Kier molecular flexibility index (Phi) is 4.25. The van der Waals surface area contributed by atoms with E-state index in [1.165, 1.54) is 6.92 Å². The number of carboxylic acids is 1. The molecule has 0 amide bonds. The second-order valence-corrected chi connectivity index (χ2v) is 5.65. The highest BCUT2D eigenvalue weighted by Gasteiger charge is 2.09. The third-order valence-corrected chi connectivity index (χ3v) is 3.71. The summed E-state index contributed by atoms with van der Waals surface area (Å²) in [5.41, 5.74) is 1.08. The third kappa shape index (κ3) is 3.08. The molecule has 2 aromatic rings. The van der Waals surface area contributed by atoms with Crippen LogP contribution in [-0.4, -0.2) is 16.2 Å². The minimum atomic E-state index is -0.946. The normalized spacial score (nSPS) is 11.6. The number of aliphatic carboxylic acids is 1. The van der Waals surface area contributed by atoms with Crippen LogP contribution in [0, 0.1) is 0 Å². The van der Waals surface area contributed by atoms with E-state index in [9.17, 15) is 9.59 Å². The molecule has 0 heterocycles. The molecule has 0 unspecified atom stereocenters. The Morgan fingerprint density at radius 3 is 2.35 bits per heavy atom. The van der Waals surface area contributed by atoms with Crippen molar-refractivity contribution in [3.63, 3.8) is 0 Å². The van der Waals surface area contributed by atoms with Crippen LogP contribution in [0.15, 0.2) is 46.9 Å². The minimum Gasteiger partial charge on any atom is -0.478 e. The molecule has 102 valence electrons. The largest absolute Gasteiger partial charge is 0.478 e. The molecule has 0 saturated heterocycles. The summed E-state index contributed by atoms with van der Waals surface area (Å²) in [6.07, 6.45) is 1.63. The fourth-order valence-electron chi connectivity index (χ4n) is 1.99. The molecule has 0 aliphatic carbocycles. The number of carbonyl (C=O) groups excluding carboxylic acids is 1. The average molecular weight is 286 g/mol. The average Bonchev–Trinajstić information content (AvgIpc) is 2.38. The molecule has 3 nitrogen and oxygen atoms in total. The predicted molar refractivity (Wildman–Crippen MR) is 81.8 cm³/mol. The quantitative estimate of drug-likeness (QED) is 0.685. The second-order valence-electron chi connectivity index (χ2n) is 4.43. The molecule has 0 radical (unpaired) electrons. The number of thioether (sulfide) groups is 1. The zero-order valence-electron chi connectivity index (χ0n) is 11.2. The Bertz CT molecular complexity index is 711. The van der Waals surface area contributed by atoms with Gasteiger partial charge in [-0.25, -0.2) is 4.79 Å². The maximum atomic E-state index is 11.4. The molecule has 0 fully saturated rings. The van der Waals surface area contributed by atoms with E-state index >= 15 is 0 Å². The highest BCUT2D eigenvalue weighted by Crippen LogP contribution is 2.32. The van der Waals surface area contributed by atoms with Crippen molar-refractivity contribution in [3.05, 3.63) is 47.5 Å². The van der Waals surface area contributed by atoms with Gasteiger partial charge in [0.05, 0.1) is 0 Å². The van der Waals surface area contributed by atoms with E-state index in [4.69, 9.17) is 5.11 Å². The van der Waals surface area contributed by atoms with E-state index in [1.54, 1.807) is 13.0 Å². The van der Waals surface area contributed by atoms with E-state index in [2.05, 4.69) is 0 Å². The standard InChI is InChI=1S/C16H14O3S/c1-10(16(18)19)9-13-7-3-5-12-6-4-8-14(15(12)13)20-11(2)17/h3-9H,1-2H3,(H,18,19)/b10-9+. The number of hydrogen-bond donors (Lipinski definition) is 1. The summed E-state index contributed by atoms with van der Waals surface area (Å²) >= 11 is 1.16. The van der Waals surface area contributed by atoms with Crippen molar-refractivity contribution in [2.45, 2.75) is 18.7 Å². The molecular weight excluding hydrogens is 272 g/mol. The first kappa shape index (κ1) is 14.3. The first-order valence-electron chi connectivity index (χ1n) is 6.11. The van der Waals surface area contributed by atoms with Crippen LogP contribution < -0.4 is 0 Å². The first-order chi connectivity index (χ1) is 9.49. The molecule has 0 aliphatic rings. The molecule has 2 rings (SSSR count). The van der Waals surface area contributed by atoms with E-state index in [0.717, 1.165) is 33.0 Å². The van der Waals surface area contributed by atoms with E-state index < -0.39 is 5.97 Å². The number of carbonyl (C=O) groups is 2. The molecule has 0 aliphatic heterocycles. The molecule has 4 heteroatoms. The fourth-order valence-corrected chi connectivity index (χ4v) is 2.78. The summed E-state index contributed by atoms with van der Waals surface area (Å²) in [5, 5.41) is 10.9. The van der Waals surface area contributed by atoms with Gasteiger partial charge in [0.25, 0.3) is 0 Å². The van der Waals surface area contributed by atoms with Crippen LogP contribution >= 0.6 is 11.8 Å². The van der Waals surface area contributed by atoms with Crippen LogP contribution in [0.25, 0.3) is 16.8 Å². The van der Waals surface area contributed by atoms with Crippen molar-refractivity contribution in [2.75, 3.05) is 0 Å². The van der Waals surface area contributed by atoms with Crippen LogP contribution in [0.1, 0.15) is 19.4 Å². The van der Waals surface area contributed by atoms with Crippen molar-refractivity contribution < 1.29 is 14.7 Å². The van der Waals surface area contributed by atoms with Gasteiger partial charge in [-0.1, -0.05) is 42.1 Å². The Labute approximate surface area is 121 Å². The summed E-state index contributed by atoms with van der Waals surface area (Å²) in [6.45, 7) is 3.08. The molecule has 0 aromatic heterocycles. The van der Waals surface area contributed by atoms with E-state index in [0.29, 0.717) is 0 Å². The van der Waals surface area contributed by atoms with Crippen molar-refractivity contribution in [2.24, 2.45) is 0 Å². The Balaban J connectivity index is 2.68. The van der Waals surface area contributed by atoms with E-state index in [-0.39, 0.29) is 10.7 Å². The zero-order chi connectivity index (χ0) is 14.7. The molecule has 1 N–H and O–H groups in total.